The number of hydrogen-bond donors (Lipinski definition) is 1. The van der Waals surface area contributed by atoms with Crippen LogP contribution in [0.5, 0.6) is 5.75 Å². The molecule has 0 unspecified atom stereocenters. The van der Waals surface area contributed by atoms with E-state index in [0.717, 1.165) is 68.9 Å². The minimum atomic E-state index is -3.61. The van der Waals surface area contributed by atoms with Crippen molar-refractivity contribution in [3.8, 4) is 17.0 Å². The van der Waals surface area contributed by atoms with Crippen molar-refractivity contribution >= 4 is 49.9 Å². The van der Waals surface area contributed by atoms with Crippen LogP contribution in [0.4, 0.5) is 17.3 Å². The van der Waals surface area contributed by atoms with Crippen molar-refractivity contribution < 1.29 is 13.2 Å². The number of ether oxygens (including phenoxy) is 1. The molecule has 2 saturated heterocycles. The highest BCUT2D eigenvalue weighted by Gasteiger charge is 2.28. The average molecular weight is 638 g/mol. The van der Waals surface area contributed by atoms with Gasteiger partial charge in [-0.25, -0.2) is 22.4 Å². The van der Waals surface area contributed by atoms with E-state index in [1.54, 1.807) is 33.2 Å². The molecule has 2 aromatic heterocycles. The van der Waals surface area contributed by atoms with Crippen LogP contribution in [-0.4, -0.2) is 96.9 Å². The van der Waals surface area contributed by atoms with Crippen LogP contribution in [0, 0.1) is 0 Å². The number of nitrogens with one attached hydrogen (secondary N) is 1. The Bertz CT molecular complexity index is 1740. The SMILES string of the molecule is COc1cc(N2CCC(N3CCN(C)CC3)CC2)ccc1Nc1ncc(Cl)c(-c2cn(S(=O)(=O)C(C)C)c3ccccc23)n1. The zero-order valence-electron chi connectivity index (χ0n) is 25.7. The van der Waals surface area contributed by atoms with Gasteiger partial charge in [-0.3, -0.25) is 4.90 Å². The number of fused-ring (bicyclic) bond motifs is 1. The van der Waals surface area contributed by atoms with Gasteiger partial charge in [0.2, 0.25) is 16.0 Å². The van der Waals surface area contributed by atoms with Crippen LogP contribution in [0.2, 0.25) is 5.02 Å². The van der Waals surface area contributed by atoms with Crippen LogP contribution >= 0.6 is 11.6 Å². The fraction of sp³-hybridized carbons (Fsp3) is 0.438. The molecule has 0 aliphatic carbocycles. The molecule has 2 fully saturated rings. The zero-order valence-corrected chi connectivity index (χ0v) is 27.3. The van der Waals surface area contributed by atoms with Gasteiger partial charge in [-0.2, -0.15) is 0 Å². The third-order valence-electron chi connectivity index (χ3n) is 8.86. The van der Waals surface area contributed by atoms with Crippen LogP contribution in [0.3, 0.4) is 0 Å². The summed E-state index contributed by atoms with van der Waals surface area (Å²) < 4.78 is 33.4. The highest BCUT2D eigenvalue weighted by molar-refractivity contribution is 7.90. The van der Waals surface area contributed by atoms with Crippen molar-refractivity contribution in [1.29, 1.82) is 0 Å². The molecule has 2 aliphatic rings. The average Bonchev–Trinajstić information content (AvgIpc) is 3.43. The maximum Gasteiger partial charge on any atom is 0.241 e. The van der Waals surface area contributed by atoms with Gasteiger partial charge in [0.15, 0.2) is 0 Å². The lowest BCUT2D eigenvalue weighted by Crippen LogP contribution is -2.52. The number of anilines is 3. The molecular formula is C32H40ClN7O3S. The summed E-state index contributed by atoms with van der Waals surface area (Å²) in [7, 11) is 0.249. The largest absolute Gasteiger partial charge is 0.494 e. The summed E-state index contributed by atoms with van der Waals surface area (Å²) in [6.07, 6.45) is 5.44. The first-order chi connectivity index (χ1) is 21.2. The van der Waals surface area contributed by atoms with E-state index >= 15 is 0 Å². The van der Waals surface area contributed by atoms with E-state index in [9.17, 15) is 8.42 Å². The molecular weight excluding hydrogens is 598 g/mol. The number of methoxy groups -OCH3 is 1. The van der Waals surface area contributed by atoms with Crippen LogP contribution in [0.15, 0.2) is 54.9 Å². The molecule has 0 atom stereocenters. The molecule has 0 spiro atoms. The van der Waals surface area contributed by atoms with Gasteiger partial charge >= 0.3 is 0 Å². The Morgan fingerprint density at radius 2 is 1.75 bits per heavy atom. The molecule has 4 heterocycles. The van der Waals surface area contributed by atoms with Crippen molar-refractivity contribution in [2.45, 2.75) is 38.0 Å². The lowest BCUT2D eigenvalue weighted by molar-refractivity contribution is 0.0982. The van der Waals surface area contributed by atoms with Crippen LogP contribution in [-0.2, 0) is 10.0 Å². The summed E-state index contributed by atoms with van der Waals surface area (Å²) in [6, 6.07) is 14.1. The Kier molecular flexibility index (Phi) is 8.74. The van der Waals surface area contributed by atoms with Gasteiger partial charge < -0.3 is 19.9 Å². The Hall–Kier alpha value is -3.38. The molecule has 2 aliphatic heterocycles. The van der Waals surface area contributed by atoms with Gasteiger partial charge in [-0.1, -0.05) is 29.8 Å². The van der Waals surface area contributed by atoms with Crippen LogP contribution < -0.4 is 15.0 Å². The van der Waals surface area contributed by atoms with Crippen molar-refractivity contribution in [2.75, 3.05) is 63.6 Å². The zero-order chi connectivity index (χ0) is 31.0. The molecule has 2 aromatic carbocycles. The van der Waals surface area contributed by atoms with E-state index in [1.807, 2.05) is 24.3 Å². The summed E-state index contributed by atoms with van der Waals surface area (Å²) >= 11 is 6.60. The Labute approximate surface area is 264 Å². The summed E-state index contributed by atoms with van der Waals surface area (Å²) in [4.78, 5) is 16.6. The smallest absolute Gasteiger partial charge is 0.241 e. The fourth-order valence-electron chi connectivity index (χ4n) is 6.17. The molecule has 6 rings (SSSR count). The second kappa shape index (κ2) is 12.5. The molecule has 0 amide bonds. The number of aromatic nitrogens is 3. The number of piperidine rings is 1. The van der Waals surface area contributed by atoms with Crippen LogP contribution in [0.1, 0.15) is 26.7 Å². The quantitative estimate of drug-likeness (QED) is 0.276. The number of halogens is 1. The Morgan fingerprint density at radius 3 is 2.45 bits per heavy atom. The van der Waals surface area contributed by atoms with Crippen molar-refractivity contribution in [3.63, 3.8) is 0 Å². The number of nitrogens with zero attached hydrogens (tertiary/aromatic N) is 6. The maximum atomic E-state index is 13.2. The molecule has 0 saturated carbocycles. The summed E-state index contributed by atoms with van der Waals surface area (Å²) in [5.41, 5.74) is 3.48. The van der Waals surface area contributed by atoms with E-state index in [0.29, 0.717) is 39.5 Å². The topological polar surface area (TPSA) is 95.8 Å². The normalized spacial score (nSPS) is 17.5. The predicted molar refractivity (Wildman–Crippen MR) is 178 cm³/mol. The molecule has 10 nitrogen and oxygen atoms in total. The van der Waals surface area contributed by atoms with Gasteiger partial charge in [0, 0.05) is 74.2 Å². The van der Waals surface area contributed by atoms with Crippen LogP contribution in [0.25, 0.3) is 22.2 Å². The molecule has 44 heavy (non-hydrogen) atoms. The number of likely N-dealkylation sites (N-methyl/N-ethyl adjacent to an activating group) is 1. The number of benzene rings is 2. The monoisotopic (exact) mass is 637 g/mol. The lowest BCUT2D eigenvalue weighted by Gasteiger charge is -2.42. The van der Waals surface area contributed by atoms with E-state index in [2.05, 4.69) is 44.2 Å². The minimum Gasteiger partial charge on any atom is -0.494 e. The van der Waals surface area contributed by atoms with Gasteiger partial charge in [0.25, 0.3) is 0 Å². The first-order valence-electron chi connectivity index (χ1n) is 15.2. The summed E-state index contributed by atoms with van der Waals surface area (Å²) in [5.74, 6) is 1.01. The highest BCUT2D eigenvalue weighted by atomic mass is 35.5. The minimum absolute atomic E-state index is 0.322. The Balaban J connectivity index is 1.23. The first-order valence-corrected chi connectivity index (χ1v) is 17.0. The molecule has 12 heteroatoms. The van der Waals surface area contributed by atoms with Gasteiger partial charge in [0.1, 0.15) is 5.75 Å². The van der Waals surface area contributed by atoms with Crippen molar-refractivity contribution in [1.82, 2.24) is 23.7 Å². The third-order valence-corrected chi connectivity index (χ3v) is 11.2. The number of hydrogen-bond acceptors (Lipinski definition) is 9. The Morgan fingerprint density at radius 1 is 1.02 bits per heavy atom. The molecule has 1 N–H and O–H groups in total. The second-order valence-corrected chi connectivity index (χ2v) is 14.7. The van der Waals surface area contributed by atoms with Gasteiger partial charge in [-0.05, 0) is 51.9 Å². The van der Waals surface area contributed by atoms with E-state index in [1.165, 1.54) is 10.2 Å². The number of para-hydroxylation sites is 1. The highest BCUT2D eigenvalue weighted by Crippen LogP contribution is 2.37. The van der Waals surface area contributed by atoms with Gasteiger partial charge in [0.05, 0.1) is 40.5 Å². The molecule has 4 aromatic rings. The molecule has 0 bridgehead atoms. The van der Waals surface area contributed by atoms with Gasteiger partial charge in [-0.15, -0.1) is 0 Å². The second-order valence-electron chi connectivity index (χ2n) is 11.9. The first kappa shape index (κ1) is 30.6. The van der Waals surface area contributed by atoms with E-state index < -0.39 is 15.3 Å². The third kappa shape index (κ3) is 5.98. The summed E-state index contributed by atoms with van der Waals surface area (Å²) in [5, 5.41) is 3.75. The predicted octanol–water partition coefficient (Wildman–Crippen LogP) is 5.31. The standard InChI is InChI=1S/C32H40ClN7O3S/c1-22(2)44(41,42)40-21-26(25-7-5-6-8-29(25)40)31-27(33)20-34-32(36-31)35-28-10-9-24(19-30(28)43-4)38-13-11-23(12-14-38)39-17-15-37(3)16-18-39/h5-10,19-23H,11-18H2,1-4H3,(H,34,35,36). The van der Waals surface area contributed by atoms with Crippen molar-refractivity contribution in [3.05, 3.63) is 59.9 Å². The number of rotatable bonds is 8. The van der Waals surface area contributed by atoms with E-state index in [-0.39, 0.29) is 0 Å². The fourth-order valence-corrected chi connectivity index (χ4v) is 7.50. The molecule has 0 radical (unpaired) electrons. The summed E-state index contributed by atoms with van der Waals surface area (Å²) in [6.45, 7) is 9.96. The van der Waals surface area contributed by atoms with Crippen molar-refractivity contribution in [2.24, 2.45) is 0 Å². The number of piperazine rings is 1. The van der Waals surface area contributed by atoms with E-state index in [4.69, 9.17) is 21.3 Å². The maximum absolute atomic E-state index is 13.2. The molecule has 234 valence electrons. The lowest BCUT2D eigenvalue weighted by atomic mass is 10.0.